The highest BCUT2D eigenvalue weighted by atomic mass is 35.5. The van der Waals surface area contributed by atoms with E-state index in [0.717, 1.165) is 24.0 Å². The number of aryl methyl sites for hydroxylation is 1. The van der Waals surface area contributed by atoms with Gasteiger partial charge in [0.15, 0.2) is 0 Å². The first kappa shape index (κ1) is 15.3. The molecule has 18 heavy (non-hydrogen) atoms. The molecule has 3 heteroatoms. The first-order valence-electron chi connectivity index (χ1n) is 6.69. The van der Waals surface area contributed by atoms with Crippen LogP contribution in [0.15, 0.2) is 12.1 Å². The van der Waals surface area contributed by atoms with E-state index in [1.807, 2.05) is 13.0 Å². The number of rotatable bonds is 6. The monoisotopic (exact) mass is 269 g/mol. The molecular weight excluding hydrogens is 246 g/mol. The van der Waals surface area contributed by atoms with E-state index in [2.05, 4.69) is 13.8 Å². The Morgan fingerprint density at radius 3 is 2.50 bits per heavy atom. The van der Waals surface area contributed by atoms with E-state index >= 15 is 0 Å². The van der Waals surface area contributed by atoms with Crippen molar-refractivity contribution in [1.29, 1.82) is 0 Å². The van der Waals surface area contributed by atoms with Gasteiger partial charge in [0.1, 0.15) is 0 Å². The molecule has 102 valence electrons. The molecule has 0 saturated carbocycles. The summed E-state index contributed by atoms with van der Waals surface area (Å²) in [5, 5.41) is 10.7. The summed E-state index contributed by atoms with van der Waals surface area (Å²) in [4.78, 5) is 0. The first-order chi connectivity index (χ1) is 8.45. The van der Waals surface area contributed by atoms with Crippen molar-refractivity contribution in [1.82, 2.24) is 0 Å². The highest BCUT2D eigenvalue weighted by Gasteiger charge is 2.12. The molecule has 0 aromatic heterocycles. The fraction of sp³-hybridized carbons (Fsp3) is 0.600. The minimum absolute atomic E-state index is 0.443. The Morgan fingerprint density at radius 2 is 1.94 bits per heavy atom. The molecule has 0 amide bonds. The van der Waals surface area contributed by atoms with Gasteiger partial charge in [0.2, 0.25) is 0 Å². The van der Waals surface area contributed by atoms with Gasteiger partial charge in [-0.1, -0.05) is 44.4 Å². The van der Waals surface area contributed by atoms with Crippen molar-refractivity contribution in [2.75, 3.05) is 5.73 Å². The summed E-state index contributed by atoms with van der Waals surface area (Å²) >= 11 is 6.04. The molecule has 0 heterocycles. The molecule has 0 aliphatic rings. The summed E-state index contributed by atoms with van der Waals surface area (Å²) in [6.45, 7) is 6.34. The molecule has 2 nitrogen and oxygen atoms in total. The molecule has 2 atom stereocenters. The molecule has 0 radical (unpaired) electrons. The second-order valence-corrected chi connectivity index (χ2v) is 5.63. The molecule has 0 saturated heterocycles. The van der Waals surface area contributed by atoms with Gasteiger partial charge in [0.05, 0.1) is 16.8 Å². The Labute approximate surface area is 115 Å². The third kappa shape index (κ3) is 4.18. The van der Waals surface area contributed by atoms with Crippen molar-refractivity contribution in [3.05, 3.63) is 28.3 Å². The summed E-state index contributed by atoms with van der Waals surface area (Å²) in [7, 11) is 0. The topological polar surface area (TPSA) is 46.2 Å². The zero-order valence-corrected chi connectivity index (χ0v) is 12.3. The number of benzene rings is 1. The standard InChI is InChI=1S/C15H24ClNO/c1-4-5-10(2)6-7-14(18)12-8-11(3)15(17)13(16)9-12/h8-10,14,18H,4-7,17H2,1-3H3. The van der Waals surface area contributed by atoms with Crippen molar-refractivity contribution < 1.29 is 5.11 Å². The predicted octanol–water partition coefficient (Wildman–Crippen LogP) is 4.48. The Hall–Kier alpha value is -0.730. The van der Waals surface area contributed by atoms with E-state index in [0.29, 0.717) is 16.6 Å². The van der Waals surface area contributed by atoms with Crippen LogP contribution in [0.25, 0.3) is 0 Å². The third-order valence-corrected chi connectivity index (χ3v) is 3.77. The van der Waals surface area contributed by atoms with Gasteiger partial charge in [-0.3, -0.25) is 0 Å². The van der Waals surface area contributed by atoms with Gasteiger partial charge >= 0.3 is 0 Å². The highest BCUT2D eigenvalue weighted by Crippen LogP contribution is 2.30. The number of nitrogens with two attached hydrogens (primary N) is 1. The molecule has 0 aliphatic heterocycles. The van der Waals surface area contributed by atoms with Crippen molar-refractivity contribution in [2.24, 2.45) is 5.92 Å². The number of aliphatic hydroxyl groups is 1. The fourth-order valence-corrected chi connectivity index (χ4v) is 2.50. The molecule has 1 aromatic rings. The molecule has 0 fully saturated rings. The number of hydrogen-bond donors (Lipinski definition) is 2. The summed E-state index contributed by atoms with van der Waals surface area (Å²) in [5.74, 6) is 0.662. The van der Waals surface area contributed by atoms with Crippen LogP contribution in [-0.2, 0) is 0 Å². The van der Waals surface area contributed by atoms with Crippen LogP contribution in [0.5, 0.6) is 0 Å². The van der Waals surface area contributed by atoms with Gasteiger partial charge in [0, 0.05) is 0 Å². The Balaban J connectivity index is 2.64. The Kier molecular flexibility index (Phi) is 5.97. The molecule has 0 aliphatic carbocycles. The van der Waals surface area contributed by atoms with Crippen LogP contribution in [-0.4, -0.2) is 5.11 Å². The van der Waals surface area contributed by atoms with Gasteiger partial charge in [-0.15, -0.1) is 0 Å². The van der Waals surface area contributed by atoms with Gasteiger partial charge in [-0.2, -0.15) is 0 Å². The van der Waals surface area contributed by atoms with Crippen molar-refractivity contribution in [2.45, 2.75) is 52.6 Å². The number of nitrogen functional groups attached to an aromatic ring is 1. The summed E-state index contributed by atoms with van der Waals surface area (Å²) in [6.07, 6.45) is 3.79. The number of halogens is 1. The lowest BCUT2D eigenvalue weighted by atomic mass is 9.95. The molecule has 3 N–H and O–H groups in total. The Bertz CT molecular complexity index is 369. The smallest absolute Gasteiger partial charge is 0.0790 e. The van der Waals surface area contributed by atoms with Crippen LogP contribution in [0.2, 0.25) is 5.02 Å². The highest BCUT2D eigenvalue weighted by molar-refractivity contribution is 6.33. The third-order valence-electron chi connectivity index (χ3n) is 3.46. The van der Waals surface area contributed by atoms with E-state index in [1.54, 1.807) is 6.07 Å². The van der Waals surface area contributed by atoms with Crippen LogP contribution < -0.4 is 5.73 Å². The van der Waals surface area contributed by atoms with Crippen molar-refractivity contribution >= 4 is 17.3 Å². The summed E-state index contributed by atoms with van der Waals surface area (Å²) in [5.41, 5.74) is 8.20. The van der Waals surface area contributed by atoms with Gasteiger partial charge in [-0.05, 0) is 42.9 Å². The van der Waals surface area contributed by atoms with E-state index in [-0.39, 0.29) is 0 Å². The average molecular weight is 270 g/mol. The molecule has 0 bridgehead atoms. The van der Waals surface area contributed by atoms with Crippen molar-refractivity contribution in [3.8, 4) is 0 Å². The maximum Gasteiger partial charge on any atom is 0.0790 e. The molecule has 0 spiro atoms. The zero-order valence-electron chi connectivity index (χ0n) is 11.5. The minimum atomic E-state index is -0.443. The Morgan fingerprint density at radius 1 is 1.28 bits per heavy atom. The largest absolute Gasteiger partial charge is 0.397 e. The van der Waals surface area contributed by atoms with Crippen LogP contribution in [0, 0.1) is 12.8 Å². The van der Waals surface area contributed by atoms with E-state index in [9.17, 15) is 5.11 Å². The summed E-state index contributed by atoms with van der Waals surface area (Å²) in [6, 6.07) is 3.70. The van der Waals surface area contributed by atoms with Crippen LogP contribution in [0.1, 0.15) is 56.8 Å². The first-order valence-corrected chi connectivity index (χ1v) is 7.07. The minimum Gasteiger partial charge on any atom is -0.397 e. The number of aliphatic hydroxyl groups excluding tert-OH is 1. The van der Waals surface area contributed by atoms with Crippen LogP contribution in [0.4, 0.5) is 5.69 Å². The molecule has 1 aromatic carbocycles. The molecule has 1 rings (SSSR count). The van der Waals surface area contributed by atoms with Gasteiger partial charge in [0.25, 0.3) is 0 Å². The van der Waals surface area contributed by atoms with E-state index in [4.69, 9.17) is 17.3 Å². The maximum absolute atomic E-state index is 10.2. The summed E-state index contributed by atoms with van der Waals surface area (Å²) < 4.78 is 0. The normalized spacial score (nSPS) is 14.5. The predicted molar refractivity (Wildman–Crippen MR) is 78.9 cm³/mol. The van der Waals surface area contributed by atoms with E-state index < -0.39 is 6.10 Å². The van der Waals surface area contributed by atoms with Gasteiger partial charge in [-0.25, -0.2) is 0 Å². The second-order valence-electron chi connectivity index (χ2n) is 5.22. The number of hydrogen-bond acceptors (Lipinski definition) is 2. The van der Waals surface area contributed by atoms with Gasteiger partial charge < -0.3 is 10.8 Å². The lowest BCUT2D eigenvalue weighted by molar-refractivity contribution is 0.157. The number of anilines is 1. The van der Waals surface area contributed by atoms with Crippen LogP contribution >= 0.6 is 11.6 Å². The molecular formula is C15H24ClNO. The van der Waals surface area contributed by atoms with E-state index in [1.165, 1.54) is 12.8 Å². The lowest BCUT2D eigenvalue weighted by Crippen LogP contribution is -2.03. The second kappa shape index (κ2) is 7.01. The average Bonchev–Trinajstić information content (AvgIpc) is 2.32. The van der Waals surface area contributed by atoms with Crippen molar-refractivity contribution in [3.63, 3.8) is 0 Å². The lowest BCUT2D eigenvalue weighted by Gasteiger charge is -2.16. The van der Waals surface area contributed by atoms with Crippen LogP contribution in [0.3, 0.4) is 0 Å². The zero-order chi connectivity index (χ0) is 13.7. The SMILES string of the molecule is CCCC(C)CCC(O)c1cc(C)c(N)c(Cl)c1. The molecule has 2 unspecified atom stereocenters. The maximum atomic E-state index is 10.2. The quantitative estimate of drug-likeness (QED) is 0.748. The fourth-order valence-electron chi connectivity index (χ4n) is 2.22.